The highest BCUT2D eigenvalue weighted by atomic mass is 35.5. The average Bonchev–Trinajstić information content (AvgIpc) is 2.58. The van der Waals surface area contributed by atoms with Gasteiger partial charge in [0.25, 0.3) is 5.69 Å². The molecule has 0 radical (unpaired) electrons. The molecule has 0 aliphatic rings. The second-order valence-electron chi connectivity index (χ2n) is 4.71. The number of halogens is 1. The van der Waals surface area contributed by atoms with Crippen LogP contribution in [-0.4, -0.2) is 12.0 Å². The van der Waals surface area contributed by atoms with Crippen molar-refractivity contribution in [2.45, 2.75) is 6.61 Å². The van der Waals surface area contributed by atoms with Crippen molar-refractivity contribution in [3.8, 4) is 17.6 Å². The number of allylic oxidation sites excluding steroid dienone is 1. The smallest absolute Gasteiger partial charge is 0.269 e. The quantitative estimate of drug-likeness (QED) is 0.441. The highest BCUT2D eigenvalue weighted by Crippen LogP contribution is 2.37. The highest BCUT2D eigenvalue weighted by molar-refractivity contribution is 6.32. The Morgan fingerprint density at radius 3 is 2.62 bits per heavy atom. The summed E-state index contributed by atoms with van der Waals surface area (Å²) in [5.74, 6) is 0.800. The third kappa shape index (κ3) is 4.24. The lowest BCUT2D eigenvalue weighted by atomic mass is 10.2. The Hall–Kier alpha value is -3.04. The summed E-state index contributed by atoms with van der Waals surface area (Å²) < 4.78 is 11.0. The van der Waals surface area contributed by atoms with Crippen molar-refractivity contribution in [3.63, 3.8) is 0 Å². The van der Waals surface area contributed by atoms with Gasteiger partial charge < -0.3 is 9.47 Å². The minimum atomic E-state index is -0.460. The number of hydrogen-bond acceptors (Lipinski definition) is 5. The van der Waals surface area contributed by atoms with Gasteiger partial charge in [0.05, 0.1) is 23.1 Å². The lowest BCUT2D eigenvalue weighted by Crippen LogP contribution is -1.99. The zero-order valence-corrected chi connectivity index (χ0v) is 13.5. The van der Waals surface area contributed by atoms with E-state index in [0.717, 1.165) is 5.56 Å². The molecule has 0 aliphatic carbocycles. The molecule has 0 amide bonds. The third-order valence-electron chi connectivity index (χ3n) is 3.13. The molecule has 0 N–H and O–H groups in total. The number of benzene rings is 2. The first-order valence-electron chi connectivity index (χ1n) is 6.85. The molecule has 0 atom stereocenters. The summed E-state index contributed by atoms with van der Waals surface area (Å²) >= 11 is 6.21. The van der Waals surface area contributed by atoms with Crippen LogP contribution in [0.2, 0.25) is 5.02 Å². The van der Waals surface area contributed by atoms with Gasteiger partial charge in [0.2, 0.25) is 0 Å². The van der Waals surface area contributed by atoms with Crippen molar-refractivity contribution in [3.05, 3.63) is 68.7 Å². The number of nitrogens with zero attached hydrogens (tertiary/aromatic N) is 2. The minimum absolute atomic E-state index is 0.0167. The summed E-state index contributed by atoms with van der Waals surface area (Å²) in [4.78, 5) is 10.2. The molecule has 0 fully saturated rings. The molecule has 122 valence electrons. The Bertz CT molecular complexity index is 811. The number of nitro groups is 1. The molecule has 0 spiro atoms. The molecule has 0 heterocycles. The molecule has 24 heavy (non-hydrogen) atoms. The van der Waals surface area contributed by atoms with E-state index in [1.54, 1.807) is 30.3 Å². The lowest BCUT2D eigenvalue weighted by molar-refractivity contribution is -0.384. The van der Waals surface area contributed by atoms with Gasteiger partial charge in [0.1, 0.15) is 6.61 Å². The van der Waals surface area contributed by atoms with Gasteiger partial charge in [-0.25, -0.2) is 0 Å². The molecule has 2 aromatic carbocycles. The van der Waals surface area contributed by atoms with Gasteiger partial charge in [-0.05, 0) is 41.5 Å². The summed E-state index contributed by atoms with van der Waals surface area (Å²) in [6, 6.07) is 11.3. The molecule has 6 nitrogen and oxygen atoms in total. The topological polar surface area (TPSA) is 85.4 Å². The van der Waals surface area contributed by atoms with Crippen LogP contribution in [-0.2, 0) is 6.61 Å². The first-order chi connectivity index (χ1) is 11.5. The highest BCUT2D eigenvalue weighted by Gasteiger charge is 2.12. The predicted octanol–water partition coefficient (Wildman–Crippen LogP) is 4.37. The first-order valence-corrected chi connectivity index (χ1v) is 7.22. The average molecular weight is 345 g/mol. The second kappa shape index (κ2) is 7.99. The fourth-order valence-corrected chi connectivity index (χ4v) is 2.25. The van der Waals surface area contributed by atoms with E-state index >= 15 is 0 Å². The summed E-state index contributed by atoms with van der Waals surface area (Å²) in [5, 5.41) is 19.6. The molecule has 2 rings (SSSR count). The zero-order valence-electron chi connectivity index (χ0n) is 12.7. The normalized spacial score (nSPS) is 10.4. The summed E-state index contributed by atoms with van der Waals surface area (Å²) in [5.41, 5.74) is 1.48. The molecular weight excluding hydrogens is 332 g/mol. The van der Waals surface area contributed by atoms with Crippen LogP contribution < -0.4 is 9.47 Å². The fourth-order valence-electron chi connectivity index (χ4n) is 1.98. The van der Waals surface area contributed by atoms with Crippen molar-refractivity contribution >= 4 is 23.4 Å². The van der Waals surface area contributed by atoms with E-state index in [4.69, 9.17) is 26.3 Å². The van der Waals surface area contributed by atoms with E-state index in [2.05, 4.69) is 0 Å². The van der Waals surface area contributed by atoms with Crippen molar-refractivity contribution in [2.24, 2.45) is 0 Å². The van der Waals surface area contributed by atoms with Crippen LogP contribution >= 0.6 is 11.6 Å². The van der Waals surface area contributed by atoms with E-state index in [9.17, 15) is 10.1 Å². The molecular formula is C17H13ClN2O4. The van der Waals surface area contributed by atoms with E-state index in [1.807, 2.05) is 6.07 Å². The molecule has 0 saturated heterocycles. The van der Waals surface area contributed by atoms with Crippen molar-refractivity contribution < 1.29 is 14.4 Å². The number of non-ortho nitro benzene ring substituents is 1. The Balaban J connectivity index is 2.18. The van der Waals surface area contributed by atoms with E-state index in [-0.39, 0.29) is 12.3 Å². The van der Waals surface area contributed by atoms with Gasteiger partial charge in [-0.15, -0.1) is 0 Å². The Morgan fingerprint density at radius 2 is 2.04 bits per heavy atom. The van der Waals surface area contributed by atoms with Gasteiger partial charge in [0.15, 0.2) is 11.5 Å². The monoisotopic (exact) mass is 344 g/mol. The maximum atomic E-state index is 10.6. The summed E-state index contributed by atoms with van der Waals surface area (Å²) in [6.45, 7) is 0.182. The Labute approximate surface area is 143 Å². The number of ether oxygens (including phenoxy) is 2. The van der Waals surface area contributed by atoms with Crippen LogP contribution in [0, 0.1) is 21.4 Å². The Morgan fingerprint density at radius 1 is 1.33 bits per heavy atom. The van der Waals surface area contributed by atoms with Gasteiger partial charge >= 0.3 is 0 Å². The molecule has 2 aromatic rings. The lowest BCUT2D eigenvalue weighted by Gasteiger charge is -2.13. The van der Waals surface area contributed by atoms with Crippen molar-refractivity contribution in [1.82, 2.24) is 0 Å². The van der Waals surface area contributed by atoms with Crippen molar-refractivity contribution in [1.29, 1.82) is 5.26 Å². The van der Waals surface area contributed by atoms with Gasteiger partial charge in [-0.3, -0.25) is 10.1 Å². The Kier molecular flexibility index (Phi) is 5.77. The van der Waals surface area contributed by atoms with Crippen LogP contribution in [0.1, 0.15) is 11.1 Å². The van der Waals surface area contributed by atoms with Crippen LogP contribution in [0.3, 0.4) is 0 Å². The van der Waals surface area contributed by atoms with Gasteiger partial charge in [-0.1, -0.05) is 11.6 Å². The predicted molar refractivity (Wildman–Crippen MR) is 90.1 cm³/mol. The van der Waals surface area contributed by atoms with E-state index < -0.39 is 4.92 Å². The number of nitriles is 1. The number of methoxy groups -OCH3 is 1. The van der Waals surface area contributed by atoms with Crippen LogP contribution in [0.4, 0.5) is 5.69 Å². The number of nitro benzene ring substituents is 1. The first kappa shape index (κ1) is 17.3. The van der Waals surface area contributed by atoms with Crippen LogP contribution in [0.25, 0.3) is 6.08 Å². The second-order valence-corrected chi connectivity index (χ2v) is 5.12. The van der Waals surface area contributed by atoms with Crippen LogP contribution in [0.15, 0.2) is 42.5 Å². The van der Waals surface area contributed by atoms with E-state index in [1.165, 1.54) is 25.3 Å². The summed E-state index contributed by atoms with van der Waals surface area (Å²) in [7, 11) is 1.49. The fraction of sp³-hybridized carbons (Fsp3) is 0.118. The molecule has 0 bridgehead atoms. The SMILES string of the molecule is COc1cc(C=CC#N)cc(Cl)c1OCc1ccc([N+](=O)[O-])cc1. The van der Waals surface area contributed by atoms with Crippen molar-refractivity contribution in [2.75, 3.05) is 7.11 Å². The van der Waals surface area contributed by atoms with Crippen LogP contribution in [0.5, 0.6) is 11.5 Å². The molecule has 7 heteroatoms. The largest absolute Gasteiger partial charge is 0.493 e. The van der Waals surface area contributed by atoms with E-state index in [0.29, 0.717) is 22.1 Å². The maximum Gasteiger partial charge on any atom is 0.269 e. The van der Waals surface area contributed by atoms with Gasteiger partial charge in [-0.2, -0.15) is 5.26 Å². The number of rotatable bonds is 6. The molecule has 0 unspecified atom stereocenters. The standard InChI is InChI=1S/C17H13ClN2O4/c1-23-16-10-13(3-2-8-19)9-15(18)17(16)24-11-12-4-6-14(7-5-12)20(21)22/h2-7,9-10H,11H2,1H3. The molecule has 0 aromatic heterocycles. The molecule has 0 saturated carbocycles. The minimum Gasteiger partial charge on any atom is -0.493 e. The zero-order chi connectivity index (χ0) is 17.5. The molecule has 0 aliphatic heterocycles. The number of hydrogen-bond donors (Lipinski definition) is 0. The third-order valence-corrected chi connectivity index (χ3v) is 3.41. The summed E-state index contributed by atoms with van der Waals surface area (Å²) in [6.07, 6.45) is 2.94. The maximum absolute atomic E-state index is 10.6. The van der Waals surface area contributed by atoms with Gasteiger partial charge in [0, 0.05) is 18.2 Å².